The fourth-order valence-electron chi connectivity index (χ4n) is 1.43. The molecule has 0 bridgehead atoms. The Morgan fingerprint density at radius 3 is 2.47 bits per heavy atom. The maximum absolute atomic E-state index is 11.7. The van der Waals surface area contributed by atoms with Crippen LogP contribution < -0.4 is 5.48 Å². The lowest BCUT2D eigenvalue weighted by molar-refractivity contribution is -0.189. The lowest BCUT2D eigenvalue weighted by Gasteiger charge is -2.13. The Hall–Kier alpha value is -1.07. The highest BCUT2D eigenvalue weighted by atomic mass is 19.4. The molecule has 0 spiro atoms. The maximum Gasteiger partial charge on any atom is 0.413 e. The van der Waals surface area contributed by atoms with Gasteiger partial charge in [-0.15, -0.1) is 0 Å². The Kier molecular flexibility index (Phi) is 5.44. The van der Waals surface area contributed by atoms with Crippen LogP contribution in [0.4, 0.5) is 13.2 Å². The zero-order valence-corrected chi connectivity index (χ0v) is 9.63. The van der Waals surface area contributed by atoms with Crippen LogP contribution in [0.25, 0.3) is 0 Å². The van der Waals surface area contributed by atoms with E-state index in [-0.39, 0.29) is 5.92 Å². The first-order valence-electron chi connectivity index (χ1n) is 5.45. The average molecular weight is 247 g/mol. The largest absolute Gasteiger partial charge is 0.413 e. The summed E-state index contributed by atoms with van der Waals surface area (Å²) < 4.78 is 35.2. The van der Waals surface area contributed by atoms with Crippen LogP contribution in [0.5, 0.6) is 0 Å². The Balaban J connectivity index is 2.15. The predicted molar refractivity (Wildman–Crippen MR) is 59.5 cm³/mol. The summed E-state index contributed by atoms with van der Waals surface area (Å²) in [6.07, 6.45) is -3.56. The SMILES string of the molecule is CC(CCNOCC(F)(F)F)c1ccccc1. The van der Waals surface area contributed by atoms with Crippen molar-refractivity contribution < 1.29 is 18.0 Å². The third-order valence-corrected chi connectivity index (χ3v) is 2.39. The van der Waals surface area contributed by atoms with Crippen molar-refractivity contribution in [3.8, 4) is 0 Å². The molecule has 0 aliphatic rings. The van der Waals surface area contributed by atoms with E-state index in [0.717, 1.165) is 6.42 Å². The van der Waals surface area contributed by atoms with Gasteiger partial charge in [0.15, 0.2) is 6.61 Å². The molecule has 0 radical (unpaired) electrons. The minimum atomic E-state index is -4.28. The monoisotopic (exact) mass is 247 g/mol. The van der Waals surface area contributed by atoms with Gasteiger partial charge in [-0.2, -0.15) is 13.2 Å². The molecule has 0 aliphatic carbocycles. The van der Waals surface area contributed by atoms with Gasteiger partial charge in [0.25, 0.3) is 0 Å². The second-order valence-electron chi connectivity index (χ2n) is 3.90. The fourth-order valence-corrected chi connectivity index (χ4v) is 1.43. The smallest absolute Gasteiger partial charge is 0.292 e. The number of nitrogens with one attached hydrogen (secondary N) is 1. The number of hydroxylamine groups is 1. The van der Waals surface area contributed by atoms with E-state index in [2.05, 4.69) is 10.3 Å². The molecule has 5 heteroatoms. The van der Waals surface area contributed by atoms with Crippen molar-refractivity contribution in [2.45, 2.75) is 25.4 Å². The molecule has 1 aromatic rings. The van der Waals surface area contributed by atoms with Gasteiger partial charge in [0.05, 0.1) is 0 Å². The Labute approximate surface area is 98.7 Å². The van der Waals surface area contributed by atoms with E-state index in [0.29, 0.717) is 6.54 Å². The Morgan fingerprint density at radius 1 is 1.24 bits per heavy atom. The van der Waals surface area contributed by atoms with Crippen molar-refractivity contribution in [3.63, 3.8) is 0 Å². The van der Waals surface area contributed by atoms with Crippen LogP contribution in [-0.2, 0) is 4.84 Å². The summed E-state index contributed by atoms with van der Waals surface area (Å²) in [5, 5.41) is 0. The Morgan fingerprint density at radius 2 is 1.88 bits per heavy atom. The summed E-state index contributed by atoms with van der Waals surface area (Å²) in [5.74, 6) is 0.290. The van der Waals surface area contributed by atoms with Crippen LogP contribution in [0.2, 0.25) is 0 Å². The third kappa shape index (κ3) is 6.28. The summed E-state index contributed by atoms with van der Waals surface area (Å²) in [6, 6.07) is 9.82. The Bertz CT molecular complexity index is 313. The van der Waals surface area contributed by atoms with E-state index in [1.54, 1.807) is 0 Å². The van der Waals surface area contributed by atoms with Crippen LogP contribution in [0.3, 0.4) is 0 Å². The molecule has 2 nitrogen and oxygen atoms in total. The average Bonchev–Trinajstić information content (AvgIpc) is 2.28. The molecule has 0 amide bonds. The second kappa shape index (κ2) is 6.61. The lowest BCUT2D eigenvalue weighted by atomic mass is 9.98. The molecule has 0 saturated heterocycles. The van der Waals surface area contributed by atoms with Gasteiger partial charge >= 0.3 is 6.18 Å². The van der Waals surface area contributed by atoms with Crippen molar-refractivity contribution in [1.29, 1.82) is 0 Å². The molecule has 0 heterocycles. The van der Waals surface area contributed by atoms with Crippen LogP contribution in [-0.4, -0.2) is 19.3 Å². The topological polar surface area (TPSA) is 21.3 Å². The van der Waals surface area contributed by atoms with Gasteiger partial charge in [-0.05, 0) is 17.9 Å². The zero-order valence-electron chi connectivity index (χ0n) is 9.63. The number of benzene rings is 1. The number of hydrogen-bond acceptors (Lipinski definition) is 2. The van der Waals surface area contributed by atoms with E-state index < -0.39 is 12.8 Å². The second-order valence-corrected chi connectivity index (χ2v) is 3.90. The van der Waals surface area contributed by atoms with Crippen LogP contribution in [0.15, 0.2) is 30.3 Å². The predicted octanol–water partition coefficient (Wildman–Crippen LogP) is 3.26. The molecule has 0 saturated carbocycles. The summed E-state index contributed by atoms with van der Waals surface area (Å²) >= 11 is 0. The van der Waals surface area contributed by atoms with E-state index in [9.17, 15) is 13.2 Å². The van der Waals surface area contributed by atoms with Crippen molar-refractivity contribution in [2.24, 2.45) is 0 Å². The molecule has 96 valence electrons. The highest BCUT2D eigenvalue weighted by Crippen LogP contribution is 2.17. The number of alkyl halides is 3. The van der Waals surface area contributed by atoms with E-state index in [1.807, 2.05) is 37.3 Å². The molecule has 0 aliphatic heterocycles. The van der Waals surface area contributed by atoms with Gasteiger partial charge in [-0.25, -0.2) is 5.48 Å². The molecule has 1 atom stereocenters. The third-order valence-electron chi connectivity index (χ3n) is 2.39. The van der Waals surface area contributed by atoms with Gasteiger partial charge in [-0.3, -0.25) is 4.84 Å². The normalized spacial score (nSPS) is 13.6. The number of rotatable bonds is 6. The minimum absolute atomic E-state index is 0.290. The zero-order chi connectivity index (χ0) is 12.7. The van der Waals surface area contributed by atoms with E-state index >= 15 is 0 Å². The molecule has 1 unspecified atom stereocenters. The van der Waals surface area contributed by atoms with E-state index in [1.165, 1.54) is 5.56 Å². The van der Waals surface area contributed by atoms with Gasteiger partial charge in [0.2, 0.25) is 0 Å². The van der Waals surface area contributed by atoms with Crippen molar-refractivity contribution >= 4 is 0 Å². The highest BCUT2D eigenvalue weighted by molar-refractivity contribution is 5.18. The molecular formula is C12H16F3NO. The van der Waals surface area contributed by atoms with Crippen LogP contribution in [0, 0.1) is 0 Å². The standard InChI is InChI=1S/C12H16F3NO/c1-10(11-5-3-2-4-6-11)7-8-16-17-9-12(13,14)15/h2-6,10,16H,7-9H2,1H3. The maximum atomic E-state index is 11.7. The molecule has 0 aromatic heterocycles. The van der Waals surface area contributed by atoms with Crippen molar-refractivity contribution in [1.82, 2.24) is 5.48 Å². The van der Waals surface area contributed by atoms with Gasteiger partial charge in [0.1, 0.15) is 0 Å². The molecule has 0 fully saturated rings. The van der Waals surface area contributed by atoms with Gasteiger partial charge < -0.3 is 0 Å². The van der Waals surface area contributed by atoms with Crippen molar-refractivity contribution in [2.75, 3.05) is 13.2 Å². The number of hydrogen-bond donors (Lipinski definition) is 1. The molecule has 17 heavy (non-hydrogen) atoms. The first kappa shape index (κ1) is 14.0. The lowest BCUT2D eigenvalue weighted by Crippen LogP contribution is -2.25. The fraction of sp³-hybridized carbons (Fsp3) is 0.500. The summed E-state index contributed by atoms with van der Waals surface area (Å²) in [4.78, 5) is 4.31. The minimum Gasteiger partial charge on any atom is -0.292 e. The van der Waals surface area contributed by atoms with E-state index in [4.69, 9.17) is 0 Å². The van der Waals surface area contributed by atoms with Gasteiger partial charge in [-0.1, -0.05) is 37.3 Å². The molecule has 1 rings (SSSR count). The van der Waals surface area contributed by atoms with Crippen molar-refractivity contribution in [3.05, 3.63) is 35.9 Å². The number of halogens is 3. The first-order chi connectivity index (χ1) is 7.99. The molecule has 1 N–H and O–H groups in total. The first-order valence-corrected chi connectivity index (χ1v) is 5.45. The van der Waals surface area contributed by atoms with Crippen LogP contribution >= 0.6 is 0 Å². The quantitative estimate of drug-likeness (QED) is 0.615. The summed E-state index contributed by atoms with van der Waals surface area (Å²) in [5.41, 5.74) is 3.49. The van der Waals surface area contributed by atoms with Crippen LogP contribution in [0.1, 0.15) is 24.8 Å². The molecule has 1 aromatic carbocycles. The molecular weight excluding hydrogens is 231 g/mol. The summed E-state index contributed by atoms with van der Waals surface area (Å²) in [7, 11) is 0. The highest BCUT2D eigenvalue weighted by Gasteiger charge is 2.27. The summed E-state index contributed by atoms with van der Waals surface area (Å²) in [6.45, 7) is 1.17. The van der Waals surface area contributed by atoms with Gasteiger partial charge in [0, 0.05) is 6.54 Å².